The Morgan fingerprint density at radius 1 is 1.00 bits per heavy atom. The van der Waals surface area contributed by atoms with Crippen LogP contribution in [0.25, 0.3) is 0 Å². The molecule has 0 saturated heterocycles. The fourth-order valence-corrected chi connectivity index (χ4v) is 2.37. The Hall–Kier alpha value is -0.590. The van der Waals surface area contributed by atoms with Gasteiger partial charge in [-0.1, -0.05) is 51.0 Å². The Morgan fingerprint density at radius 3 is 2.38 bits per heavy atom. The number of rotatable bonds is 8. The lowest BCUT2D eigenvalue weighted by Crippen LogP contribution is -2.02. The molecule has 0 aromatic rings. The van der Waals surface area contributed by atoms with Crippen molar-refractivity contribution in [3.8, 4) is 0 Å². The number of hydrogen-bond acceptors (Lipinski definition) is 1. The number of hydrogen-bond donors (Lipinski definition) is 0. The zero-order chi connectivity index (χ0) is 11.6. The zero-order valence-corrected chi connectivity index (χ0v) is 10.8. The summed E-state index contributed by atoms with van der Waals surface area (Å²) in [4.78, 5) is 11.2. The third kappa shape index (κ3) is 6.09. The largest absolute Gasteiger partial charge is 0.295 e. The van der Waals surface area contributed by atoms with Gasteiger partial charge in [-0.15, -0.1) is 0 Å². The molecule has 0 aromatic heterocycles. The molecule has 0 heterocycles. The van der Waals surface area contributed by atoms with Gasteiger partial charge in [0, 0.05) is 6.42 Å². The smallest absolute Gasteiger partial charge is 0.155 e. The van der Waals surface area contributed by atoms with Crippen molar-refractivity contribution in [2.24, 2.45) is 0 Å². The molecule has 0 N–H and O–H groups in total. The van der Waals surface area contributed by atoms with E-state index < -0.39 is 0 Å². The molecule has 1 heteroatoms. The molecule has 92 valence electrons. The molecular formula is C15H26O. The van der Waals surface area contributed by atoms with Gasteiger partial charge in [0.25, 0.3) is 0 Å². The summed E-state index contributed by atoms with van der Waals surface area (Å²) in [6.45, 7) is 2.26. The lowest BCUT2D eigenvalue weighted by Gasteiger charge is -2.11. The lowest BCUT2D eigenvalue weighted by molar-refractivity contribution is -0.115. The predicted octanol–water partition coefficient (Wildman–Crippen LogP) is 4.81. The third-order valence-electron chi connectivity index (χ3n) is 3.39. The van der Waals surface area contributed by atoms with Gasteiger partial charge in [0.15, 0.2) is 5.78 Å². The summed E-state index contributed by atoms with van der Waals surface area (Å²) in [5.74, 6) is 0.351. The van der Waals surface area contributed by atoms with Crippen LogP contribution in [0.1, 0.15) is 77.6 Å². The van der Waals surface area contributed by atoms with Crippen LogP contribution >= 0.6 is 0 Å². The predicted molar refractivity (Wildman–Crippen MR) is 69.6 cm³/mol. The van der Waals surface area contributed by atoms with Crippen LogP contribution < -0.4 is 0 Å². The molecule has 0 atom stereocenters. The Kier molecular flexibility index (Phi) is 7.20. The van der Waals surface area contributed by atoms with Crippen molar-refractivity contribution < 1.29 is 4.79 Å². The molecular weight excluding hydrogens is 196 g/mol. The number of ketones is 1. The van der Waals surface area contributed by atoms with E-state index in [0.717, 1.165) is 12.8 Å². The van der Waals surface area contributed by atoms with E-state index in [1.54, 1.807) is 0 Å². The van der Waals surface area contributed by atoms with Crippen LogP contribution in [-0.4, -0.2) is 5.78 Å². The first-order valence-electron chi connectivity index (χ1n) is 7.05. The molecule has 0 spiro atoms. The fraction of sp³-hybridized carbons (Fsp3) is 0.800. The molecule has 1 rings (SSSR count). The van der Waals surface area contributed by atoms with E-state index in [-0.39, 0.29) is 0 Å². The van der Waals surface area contributed by atoms with Crippen molar-refractivity contribution in [3.05, 3.63) is 11.6 Å². The number of carbonyl (C=O) groups is 1. The van der Waals surface area contributed by atoms with Gasteiger partial charge in [-0.3, -0.25) is 4.79 Å². The molecule has 1 aliphatic carbocycles. The van der Waals surface area contributed by atoms with Gasteiger partial charge in [0.1, 0.15) is 0 Å². The normalized spacial score (nSPS) is 16.3. The van der Waals surface area contributed by atoms with Crippen molar-refractivity contribution >= 4 is 5.78 Å². The van der Waals surface area contributed by atoms with Crippen molar-refractivity contribution in [3.63, 3.8) is 0 Å². The number of carbonyl (C=O) groups excluding carboxylic acids is 1. The molecule has 0 unspecified atom stereocenters. The summed E-state index contributed by atoms with van der Waals surface area (Å²) in [6, 6.07) is 0. The summed E-state index contributed by atoms with van der Waals surface area (Å²) >= 11 is 0. The molecule has 1 aliphatic rings. The number of allylic oxidation sites excluding steroid dienone is 2. The van der Waals surface area contributed by atoms with Gasteiger partial charge in [0.2, 0.25) is 0 Å². The van der Waals surface area contributed by atoms with E-state index in [2.05, 4.69) is 6.92 Å². The Labute approximate surface area is 100 Å². The van der Waals surface area contributed by atoms with Gasteiger partial charge in [-0.25, -0.2) is 0 Å². The van der Waals surface area contributed by atoms with Crippen LogP contribution in [0.2, 0.25) is 0 Å². The highest BCUT2D eigenvalue weighted by atomic mass is 16.1. The van der Waals surface area contributed by atoms with Crippen LogP contribution in [0.15, 0.2) is 11.6 Å². The van der Waals surface area contributed by atoms with Crippen molar-refractivity contribution in [1.29, 1.82) is 0 Å². The Balaban J connectivity index is 1.96. The van der Waals surface area contributed by atoms with Crippen molar-refractivity contribution in [2.45, 2.75) is 77.6 Å². The molecule has 0 fully saturated rings. The summed E-state index contributed by atoms with van der Waals surface area (Å²) < 4.78 is 0. The van der Waals surface area contributed by atoms with Crippen LogP contribution in [0.3, 0.4) is 0 Å². The zero-order valence-electron chi connectivity index (χ0n) is 10.8. The molecule has 0 amide bonds. The highest BCUT2D eigenvalue weighted by molar-refractivity contribution is 5.91. The van der Waals surface area contributed by atoms with Crippen LogP contribution in [0, 0.1) is 0 Å². The Bertz CT molecular complexity index is 228. The minimum Gasteiger partial charge on any atom is -0.295 e. The van der Waals surface area contributed by atoms with E-state index in [9.17, 15) is 4.79 Å². The summed E-state index contributed by atoms with van der Waals surface area (Å²) in [6.07, 6.45) is 15.6. The highest BCUT2D eigenvalue weighted by Crippen LogP contribution is 2.21. The van der Waals surface area contributed by atoms with E-state index in [4.69, 9.17) is 0 Å². The lowest BCUT2D eigenvalue weighted by atomic mass is 9.94. The molecule has 0 aliphatic heterocycles. The first kappa shape index (κ1) is 13.5. The standard InChI is InChI=1S/C15H26O/c1-2-3-4-5-6-7-8-10-14-11-9-12-15(16)13-14/h13H,2-12H2,1H3. The van der Waals surface area contributed by atoms with Crippen LogP contribution in [0.5, 0.6) is 0 Å². The molecule has 0 saturated carbocycles. The minimum absolute atomic E-state index is 0.351. The maximum absolute atomic E-state index is 11.2. The van der Waals surface area contributed by atoms with Gasteiger partial charge in [-0.2, -0.15) is 0 Å². The van der Waals surface area contributed by atoms with Gasteiger partial charge in [-0.05, 0) is 31.8 Å². The number of unbranched alkanes of at least 4 members (excludes halogenated alkanes) is 6. The van der Waals surface area contributed by atoms with E-state index in [1.807, 2.05) is 6.08 Å². The van der Waals surface area contributed by atoms with E-state index in [0.29, 0.717) is 5.78 Å². The average molecular weight is 222 g/mol. The summed E-state index contributed by atoms with van der Waals surface area (Å²) in [5.41, 5.74) is 1.41. The maximum atomic E-state index is 11.2. The fourth-order valence-electron chi connectivity index (χ4n) is 2.37. The summed E-state index contributed by atoms with van der Waals surface area (Å²) in [5, 5.41) is 0. The van der Waals surface area contributed by atoms with E-state index >= 15 is 0 Å². The topological polar surface area (TPSA) is 17.1 Å². The first-order chi connectivity index (χ1) is 7.83. The second-order valence-electron chi connectivity index (χ2n) is 4.99. The van der Waals surface area contributed by atoms with Crippen molar-refractivity contribution in [2.75, 3.05) is 0 Å². The average Bonchev–Trinajstić information content (AvgIpc) is 2.28. The van der Waals surface area contributed by atoms with Crippen molar-refractivity contribution in [1.82, 2.24) is 0 Å². The minimum atomic E-state index is 0.351. The second-order valence-corrected chi connectivity index (χ2v) is 4.99. The molecule has 1 nitrogen and oxygen atoms in total. The molecule has 0 bridgehead atoms. The quantitative estimate of drug-likeness (QED) is 0.539. The SMILES string of the molecule is CCCCCCCCCC1=CC(=O)CCC1. The molecule has 0 radical (unpaired) electrons. The van der Waals surface area contributed by atoms with E-state index in [1.165, 1.54) is 63.4 Å². The molecule has 0 aromatic carbocycles. The molecule has 16 heavy (non-hydrogen) atoms. The maximum Gasteiger partial charge on any atom is 0.155 e. The van der Waals surface area contributed by atoms with Crippen LogP contribution in [-0.2, 0) is 4.79 Å². The van der Waals surface area contributed by atoms with Gasteiger partial charge >= 0.3 is 0 Å². The van der Waals surface area contributed by atoms with Gasteiger partial charge < -0.3 is 0 Å². The van der Waals surface area contributed by atoms with Crippen LogP contribution in [0.4, 0.5) is 0 Å². The first-order valence-corrected chi connectivity index (χ1v) is 7.05. The monoisotopic (exact) mass is 222 g/mol. The third-order valence-corrected chi connectivity index (χ3v) is 3.39. The highest BCUT2D eigenvalue weighted by Gasteiger charge is 2.08. The second kappa shape index (κ2) is 8.55. The summed E-state index contributed by atoms with van der Waals surface area (Å²) in [7, 11) is 0. The Morgan fingerprint density at radius 2 is 1.69 bits per heavy atom. The van der Waals surface area contributed by atoms with Gasteiger partial charge in [0.05, 0.1) is 0 Å².